The Hall–Kier alpha value is -2.66. The highest BCUT2D eigenvalue weighted by Gasteiger charge is 2.52. The van der Waals surface area contributed by atoms with Crippen LogP contribution >= 0.6 is 0 Å². The molecule has 3 saturated heterocycles. The first-order valence-electron chi connectivity index (χ1n) is 12.0. The number of rotatable bonds is 6. The predicted octanol–water partition coefficient (Wildman–Crippen LogP) is 2.13. The van der Waals surface area contributed by atoms with Gasteiger partial charge in [0.15, 0.2) is 0 Å². The van der Waals surface area contributed by atoms with Gasteiger partial charge in [-0.25, -0.2) is 4.79 Å². The second-order valence-corrected chi connectivity index (χ2v) is 9.57. The van der Waals surface area contributed by atoms with Gasteiger partial charge in [-0.05, 0) is 37.3 Å². The van der Waals surface area contributed by atoms with E-state index in [1.807, 2.05) is 0 Å². The highest BCUT2D eigenvalue weighted by atomic mass is 19.4. The zero-order valence-electron chi connectivity index (χ0n) is 19.8. The van der Waals surface area contributed by atoms with E-state index in [2.05, 4.69) is 10.2 Å². The molecule has 3 fully saturated rings. The molecular weight excluding hydrogens is 465 g/mol. The van der Waals surface area contributed by atoms with Crippen molar-refractivity contribution in [1.29, 1.82) is 0 Å². The summed E-state index contributed by atoms with van der Waals surface area (Å²) in [6.07, 6.45) is -3.53. The second-order valence-electron chi connectivity index (χ2n) is 9.57. The van der Waals surface area contributed by atoms with Gasteiger partial charge in [0.25, 0.3) is 5.91 Å². The van der Waals surface area contributed by atoms with E-state index in [4.69, 9.17) is 4.74 Å². The molecule has 0 bridgehead atoms. The molecule has 11 heteroatoms. The van der Waals surface area contributed by atoms with Gasteiger partial charge in [0, 0.05) is 39.3 Å². The topological polar surface area (TPSA) is 82.2 Å². The summed E-state index contributed by atoms with van der Waals surface area (Å²) in [6.45, 7) is 6.25. The number of benzene rings is 1. The fourth-order valence-electron chi connectivity index (χ4n) is 5.11. The lowest BCUT2D eigenvalue weighted by atomic mass is 9.79. The van der Waals surface area contributed by atoms with Crippen LogP contribution in [0.15, 0.2) is 24.3 Å². The van der Waals surface area contributed by atoms with Crippen LogP contribution in [0.2, 0.25) is 0 Å². The third kappa shape index (κ3) is 5.61. The number of morpholine rings is 1. The summed E-state index contributed by atoms with van der Waals surface area (Å²) in [5, 5.41) is 2.88. The molecular formula is C24H31F3N4O4. The Morgan fingerprint density at radius 3 is 2.46 bits per heavy atom. The van der Waals surface area contributed by atoms with Crippen molar-refractivity contribution in [2.75, 3.05) is 52.5 Å². The molecule has 1 atom stereocenters. The Bertz CT molecular complexity index is 958. The Labute approximate surface area is 202 Å². The summed E-state index contributed by atoms with van der Waals surface area (Å²) >= 11 is 0. The molecule has 0 aliphatic carbocycles. The summed E-state index contributed by atoms with van der Waals surface area (Å²) in [6, 6.07) is 4.41. The standard InChI is InChI=1S/C24H31F3N4O4/c1-23(21(33)31(22(34)28-23)10-9-29-11-13-35-14-12-29)18-5-7-30(8-6-18)20(32)16-17-3-2-4-19(15-17)24(25,26)27/h2-4,15,18H,5-14,16H2,1H3,(H,28,34)/t23-/m0/s1. The lowest BCUT2D eigenvalue weighted by Gasteiger charge is -2.39. The third-order valence-electron chi connectivity index (χ3n) is 7.32. The molecule has 192 valence electrons. The van der Waals surface area contributed by atoms with Crippen LogP contribution in [-0.4, -0.2) is 90.6 Å². The molecule has 0 spiro atoms. The fourth-order valence-corrected chi connectivity index (χ4v) is 5.11. The van der Waals surface area contributed by atoms with Crippen LogP contribution in [0, 0.1) is 5.92 Å². The highest BCUT2D eigenvalue weighted by molar-refractivity contribution is 6.07. The maximum absolute atomic E-state index is 13.2. The number of nitrogens with one attached hydrogen (secondary N) is 1. The number of imide groups is 1. The SMILES string of the molecule is C[C@@]1(C2CCN(C(=O)Cc3cccc(C(F)(F)F)c3)CC2)NC(=O)N(CCN2CCOCC2)C1=O. The third-order valence-corrected chi connectivity index (χ3v) is 7.32. The maximum atomic E-state index is 13.2. The molecule has 0 radical (unpaired) electrons. The van der Waals surface area contributed by atoms with Gasteiger partial charge in [-0.2, -0.15) is 13.2 Å². The van der Waals surface area contributed by atoms with Gasteiger partial charge in [-0.3, -0.25) is 19.4 Å². The number of halogens is 3. The van der Waals surface area contributed by atoms with Gasteiger partial charge in [0.05, 0.1) is 25.2 Å². The van der Waals surface area contributed by atoms with Crippen LogP contribution in [0.1, 0.15) is 30.9 Å². The molecule has 0 unspecified atom stereocenters. The average molecular weight is 497 g/mol. The molecule has 1 N–H and O–H groups in total. The van der Waals surface area contributed by atoms with Crippen molar-refractivity contribution in [2.45, 2.75) is 37.9 Å². The number of nitrogens with zero attached hydrogens (tertiary/aromatic N) is 3. The lowest BCUT2D eigenvalue weighted by molar-refractivity contribution is -0.138. The van der Waals surface area contributed by atoms with E-state index in [0.29, 0.717) is 57.8 Å². The number of likely N-dealkylation sites (tertiary alicyclic amines) is 1. The summed E-state index contributed by atoms with van der Waals surface area (Å²) in [5.74, 6) is -0.628. The maximum Gasteiger partial charge on any atom is 0.416 e. The molecule has 1 aromatic rings. The number of urea groups is 1. The minimum Gasteiger partial charge on any atom is -0.379 e. The number of piperidine rings is 1. The second kappa shape index (κ2) is 10.1. The molecule has 4 amide bonds. The van der Waals surface area contributed by atoms with Crippen molar-refractivity contribution in [3.63, 3.8) is 0 Å². The normalized spacial score (nSPS) is 24.7. The summed E-state index contributed by atoms with van der Waals surface area (Å²) in [7, 11) is 0. The van der Waals surface area contributed by atoms with Crippen molar-refractivity contribution in [1.82, 2.24) is 20.0 Å². The average Bonchev–Trinajstić information content (AvgIpc) is 3.06. The van der Waals surface area contributed by atoms with E-state index >= 15 is 0 Å². The largest absolute Gasteiger partial charge is 0.416 e. The Kier molecular flexibility index (Phi) is 7.37. The minimum atomic E-state index is -4.46. The first-order valence-corrected chi connectivity index (χ1v) is 12.0. The smallest absolute Gasteiger partial charge is 0.379 e. The van der Waals surface area contributed by atoms with Crippen LogP contribution in [-0.2, 0) is 26.9 Å². The molecule has 3 aliphatic heterocycles. The minimum absolute atomic E-state index is 0.114. The van der Waals surface area contributed by atoms with Crippen LogP contribution in [0.4, 0.5) is 18.0 Å². The van der Waals surface area contributed by atoms with Crippen molar-refractivity contribution < 1.29 is 32.3 Å². The first kappa shape index (κ1) is 25.4. The van der Waals surface area contributed by atoms with E-state index in [0.717, 1.165) is 25.2 Å². The Balaban J connectivity index is 1.31. The van der Waals surface area contributed by atoms with Crippen molar-refractivity contribution in [3.8, 4) is 0 Å². The van der Waals surface area contributed by atoms with Gasteiger partial charge in [0.1, 0.15) is 5.54 Å². The van der Waals surface area contributed by atoms with Crippen LogP contribution in [0.3, 0.4) is 0 Å². The van der Waals surface area contributed by atoms with E-state index in [-0.39, 0.29) is 24.2 Å². The van der Waals surface area contributed by atoms with Gasteiger partial charge in [-0.1, -0.05) is 18.2 Å². The van der Waals surface area contributed by atoms with Crippen molar-refractivity contribution in [2.24, 2.45) is 5.92 Å². The zero-order valence-corrected chi connectivity index (χ0v) is 19.8. The summed E-state index contributed by atoms with van der Waals surface area (Å²) in [5.41, 5.74) is -1.49. The van der Waals surface area contributed by atoms with E-state index in [9.17, 15) is 27.6 Å². The molecule has 8 nitrogen and oxygen atoms in total. The number of carbonyl (C=O) groups excluding carboxylic acids is 3. The van der Waals surface area contributed by atoms with Gasteiger partial charge in [-0.15, -0.1) is 0 Å². The number of amides is 4. The van der Waals surface area contributed by atoms with Gasteiger partial charge >= 0.3 is 12.2 Å². The van der Waals surface area contributed by atoms with Gasteiger partial charge in [0.2, 0.25) is 5.91 Å². The number of carbonyl (C=O) groups is 3. The van der Waals surface area contributed by atoms with Gasteiger partial charge < -0.3 is 15.0 Å². The Morgan fingerprint density at radius 2 is 1.80 bits per heavy atom. The van der Waals surface area contributed by atoms with Crippen LogP contribution in [0.25, 0.3) is 0 Å². The highest BCUT2D eigenvalue weighted by Crippen LogP contribution is 2.34. The lowest BCUT2D eigenvalue weighted by Crippen LogP contribution is -2.54. The summed E-state index contributed by atoms with van der Waals surface area (Å²) in [4.78, 5) is 43.6. The molecule has 35 heavy (non-hydrogen) atoms. The first-order chi connectivity index (χ1) is 16.6. The molecule has 4 rings (SSSR count). The van der Waals surface area contributed by atoms with Crippen molar-refractivity contribution in [3.05, 3.63) is 35.4 Å². The fraction of sp³-hybridized carbons (Fsp3) is 0.625. The van der Waals surface area contributed by atoms with E-state index < -0.39 is 23.3 Å². The number of ether oxygens (including phenoxy) is 1. The summed E-state index contributed by atoms with van der Waals surface area (Å²) < 4.78 is 44.2. The molecule has 3 heterocycles. The van der Waals surface area contributed by atoms with Crippen molar-refractivity contribution >= 4 is 17.8 Å². The monoisotopic (exact) mass is 496 g/mol. The van der Waals surface area contributed by atoms with Crippen LogP contribution < -0.4 is 5.32 Å². The number of hydrogen-bond acceptors (Lipinski definition) is 5. The molecule has 3 aliphatic rings. The van der Waals surface area contributed by atoms with E-state index in [1.165, 1.54) is 17.0 Å². The Morgan fingerprint density at radius 1 is 1.11 bits per heavy atom. The molecule has 0 aromatic heterocycles. The van der Waals surface area contributed by atoms with E-state index in [1.54, 1.807) is 11.8 Å². The van der Waals surface area contributed by atoms with Crippen LogP contribution in [0.5, 0.6) is 0 Å². The number of hydrogen-bond donors (Lipinski definition) is 1. The molecule has 0 saturated carbocycles. The number of alkyl halides is 3. The molecule has 1 aromatic carbocycles. The predicted molar refractivity (Wildman–Crippen MR) is 120 cm³/mol. The quantitative estimate of drug-likeness (QED) is 0.611. The zero-order chi connectivity index (χ0) is 25.2.